The average Bonchev–Trinajstić information content (AvgIpc) is 2.91. The number of amides is 2. The molecule has 6 nitrogen and oxygen atoms in total. The molecule has 2 aliphatic rings. The van der Waals surface area contributed by atoms with Crippen molar-refractivity contribution in [3.8, 4) is 0 Å². The number of thioether (sulfide) groups is 1. The van der Waals surface area contributed by atoms with Gasteiger partial charge >= 0.3 is 5.97 Å². The van der Waals surface area contributed by atoms with Crippen molar-refractivity contribution in [2.75, 3.05) is 5.75 Å². The van der Waals surface area contributed by atoms with Gasteiger partial charge in [-0.2, -0.15) is 0 Å². The van der Waals surface area contributed by atoms with Gasteiger partial charge in [0.25, 0.3) is 5.91 Å². The summed E-state index contributed by atoms with van der Waals surface area (Å²) >= 11 is 7.86. The average molecular weight is 519 g/mol. The largest absolute Gasteiger partial charge is 0.448 e. The summed E-state index contributed by atoms with van der Waals surface area (Å²) in [6.45, 7) is 0. The first kappa shape index (κ1) is 24.2. The molecule has 5 rings (SSSR count). The Morgan fingerprint density at radius 2 is 1.50 bits per heavy atom. The number of hydrogen-bond donors (Lipinski definition) is 1. The first-order valence-electron chi connectivity index (χ1n) is 11.5. The molecule has 2 atom stereocenters. The smallest absolute Gasteiger partial charge is 0.357 e. The van der Waals surface area contributed by atoms with Gasteiger partial charge in [0.15, 0.2) is 6.10 Å². The van der Waals surface area contributed by atoms with Gasteiger partial charge < -0.3 is 10.1 Å². The molecule has 0 radical (unpaired) electrons. The highest BCUT2D eigenvalue weighted by molar-refractivity contribution is 8.00. The molecule has 8 heteroatoms. The molecular weight excluding hydrogens is 496 g/mol. The van der Waals surface area contributed by atoms with E-state index in [-0.39, 0.29) is 29.0 Å². The van der Waals surface area contributed by atoms with Gasteiger partial charge in [-0.15, -0.1) is 11.8 Å². The van der Waals surface area contributed by atoms with E-state index >= 15 is 0 Å². The zero-order chi connectivity index (χ0) is 25.1. The van der Waals surface area contributed by atoms with Gasteiger partial charge in [0, 0.05) is 5.75 Å². The van der Waals surface area contributed by atoms with Crippen molar-refractivity contribution in [3.05, 3.63) is 118 Å². The topological polar surface area (TPSA) is 75.7 Å². The van der Waals surface area contributed by atoms with Crippen LogP contribution in [0.2, 0.25) is 0 Å². The lowest BCUT2D eigenvalue weighted by Crippen LogP contribution is -2.70. The van der Waals surface area contributed by atoms with Gasteiger partial charge in [-0.25, -0.2) is 4.79 Å². The lowest BCUT2D eigenvalue weighted by molar-refractivity contribution is -0.154. The molecule has 2 heterocycles. The van der Waals surface area contributed by atoms with Crippen LogP contribution in [0.1, 0.15) is 22.8 Å². The van der Waals surface area contributed by atoms with Crippen molar-refractivity contribution in [1.82, 2.24) is 10.2 Å². The van der Waals surface area contributed by atoms with Crippen LogP contribution >= 0.6 is 23.4 Å². The fourth-order valence-corrected chi connectivity index (χ4v) is 5.87. The predicted octanol–water partition coefficient (Wildman–Crippen LogP) is 4.41. The first-order chi connectivity index (χ1) is 17.5. The zero-order valence-corrected chi connectivity index (χ0v) is 20.7. The Kier molecular flexibility index (Phi) is 7.11. The molecule has 36 heavy (non-hydrogen) atoms. The third kappa shape index (κ3) is 4.90. The second kappa shape index (κ2) is 10.6. The highest BCUT2D eigenvalue weighted by Crippen LogP contribution is 2.42. The van der Waals surface area contributed by atoms with Crippen molar-refractivity contribution in [1.29, 1.82) is 0 Å². The maximum atomic E-state index is 13.4. The van der Waals surface area contributed by atoms with Crippen LogP contribution in [0.25, 0.3) is 0 Å². The van der Waals surface area contributed by atoms with Crippen LogP contribution in [0.4, 0.5) is 0 Å². The Labute approximate surface area is 218 Å². The minimum Gasteiger partial charge on any atom is -0.448 e. The summed E-state index contributed by atoms with van der Waals surface area (Å²) < 4.78 is 5.96. The summed E-state index contributed by atoms with van der Waals surface area (Å²) in [4.78, 5) is 40.4. The number of hydrogen-bond acceptors (Lipinski definition) is 5. The summed E-state index contributed by atoms with van der Waals surface area (Å²) in [6.07, 6.45) is -0.494. The molecule has 0 saturated carbocycles. The molecule has 2 aliphatic heterocycles. The summed E-state index contributed by atoms with van der Waals surface area (Å²) in [5.41, 5.74) is 2.50. The molecule has 1 unspecified atom stereocenters. The summed E-state index contributed by atoms with van der Waals surface area (Å²) in [7, 11) is 0. The van der Waals surface area contributed by atoms with Crippen LogP contribution in [0, 0.1) is 0 Å². The number of rotatable bonds is 7. The molecule has 3 aromatic rings. The highest BCUT2D eigenvalue weighted by Gasteiger charge is 2.54. The van der Waals surface area contributed by atoms with Gasteiger partial charge in [0.1, 0.15) is 17.1 Å². The van der Waals surface area contributed by atoms with E-state index in [2.05, 4.69) is 5.32 Å². The Balaban J connectivity index is 1.32. The Bertz CT molecular complexity index is 1260. The molecule has 0 aromatic heterocycles. The number of halogens is 1. The van der Waals surface area contributed by atoms with Crippen molar-refractivity contribution in [3.63, 3.8) is 0 Å². The molecule has 1 fully saturated rings. The zero-order valence-electron chi connectivity index (χ0n) is 19.2. The second-order valence-corrected chi connectivity index (χ2v) is 10.0. The summed E-state index contributed by atoms with van der Waals surface area (Å²) in [5.74, 6) is -0.967. The van der Waals surface area contributed by atoms with E-state index in [1.165, 1.54) is 16.7 Å². The molecule has 1 saturated heterocycles. The Morgan fingerprint density at radius 3 is 2.08 bits per heavy atom. The number of benzene rings is 3. The highest BCUT2D eigenvalue weighted by atomic mass is 35.5. The van der Waals surface area contributed by atoms with Gasteiger partial charge in [-0.1, -0.05) is 103 Å². The second-order valence-electron chi connectivity index (χ2n) is 8.48. The SMILES string of the molecule is O=C(Cc1ccccc1)NC1C(=O)N2C(C(=O)OC(c3ccccc3)c3ccccc3)=C(Cl)CS[C@H]12. The number of ether oxygens (including phenoxy) is 1. The van der Waals surface area contributed by atoms with Crippen molar-refractivity contribution in [2.24, 2.45) is 0 Å². The van der Waals surface area contributed by atoms with E-state index in [9.17, 15) is 14.4 Å². The number of carbonyl (C=O) groups excluding carboxylic acids is 3. The first-order valence-corrected chi connectivity index (χ1v) is 12.9. The summed E-state index contributed by atoms with van der Waals surface area (Å²) in [5, 5.41) is 2.64. The maximum Gasteiger partial charge on any atom is 0.357 e. The Hall–Kier alpha value is -3.55. The molecular formula is C28H23ClN2O4S. The third-order valence-electron chi connectivity index (χ3n) is 6.07. The quantitative estimate of drug-likeness (QED) is 0.370. The van der Waals surface area contributed by atoms with Crippen LogP contribution in [-0.4, -0.2) is 39.9 Å². The number of nitrogens with one attached hydrogen (secondary N) is 1. The fraction of sp³-hybridized carbons (Fsp3) is 0.179. The molecule has 0 spiro atoms. The van der Waals surface area contributed by atoms with Gasteiger partial charge in [-0.3, -0.25) is 14.5 Å². The van der Waals surface area contributed by atoms with E-state index in [0.29, 0.717) is 5.75 Å². The van der Waals surface area contributed by atoms with E-state index in [1.54, 1.807) is 0 Å². The van der Waals surface area contributed by atoms with Crippen LogP contribution in [-0.2, 0) is 25.5 Å². The molecule has 182 valence electrons. The lowest BCUT2D eigenvalue weighted by Gasteiger charge is -2.49. The molecule has 1 N–H and O–H groups in total. The number of esters is 1. The molecule has 0 bridgehead atoms. The summed E-state index contributed by atoms with van der Waals surface area (Å²) in [6, 6.07) is 27.4. The van der Waals surface area contributed by atoms with E-state index < -0.39 is 23.5 Å². The number of β-lactam (4-membered cyclic amide) rings is 1. The predicted molar refractivity (Wildman–Crippen MR) is 139 cm³/mol. The minimum atomic E-state index is -0.724. The van der Waals surface area contributed by atoms with Gasteiger partial charge in [0.05, 0.1) is 11.5 Å². The maximum absolute atomic E-state index is 13.4. The molecule has 3 aromatic carbocycles. The number of nitrogens with zero attached hydrogens (tertiary/aromatic N) is 1. The third-order valence-corrected chi connectivity index (χ3v) is 7.82. The minimum absolute atomic E-state index is 0.0378. The van der Waals surface area contributed by atoms with Gasteiger partial charge in [0.2, 0.25) is 5.91 Å². The van der Waals surface area contributed by atoms with E-state index in [0.717, 1.165) is 16.7 Å². The van der Waals surface area contributed by atoms with E-state index in [1.807, 2.05) is 91.0 Å². The van der Waals surface area contributed by atoms with Crippen LogP contribution in [0.5, 0.6) is 0 Å². The Morgan fingerprint density at radius 1 is 0.944 bits per heavy atom. The molecule has 0 aliphatic carbocycles. The van der Waals surface area contributed by atoms with Crippen molar-refractivity contribution >= 4 is 41.1 Å². The monoisotopic (exact) mass is 518 g/mol. The standard InChI is InChI=1S/C28H23ClN2O4S/c29-21-17-36-27-23(30-22(32)16-18-10-4-1-5-11-18)26(33)31(27)24(21)28(34)35-25(19-12-6-2-7-13-19)20-14-8-3-9-15-20/h1-15,23,25,27H,16-17H2,(H,30,32)/t23?,27-/m1/s1. The number of carbonyl (C=O) groups is 3. The fourth-order valence-electron chi connectivity index (χ4n) is 4.32. The van der Waals surface area contributed by atoms with E-state index in [4.69, 9.17) is 16.3 Å². The van der Waals surface area contributed by atoms with Crippen LogP contribution < -0.4 is 5.32 Å². The van der Waals surface area contributed by atoms with Crippen LogP contribution in [0.3, 0.4) is 0 Å². The van der Waals surface area contributed by atoms with Crippen LogP contribution in [0.15, 0.2) is 102 Å². The number of fused-ring (bicyclic) bond motifs is 1. The van der Waals surface area contributed by atoms with Crippen molar-refractivity contribution < 1.29 is 19.1 Å². The van der Waals surface area contributed by atoms with Gasteiger partial charge in [-0.05, 0) is 16.7 Å². The molecule has 2 amide bonds. The lowest BCUT2D eigenvalue weighted by atomic mass is 10.0. The van der Waals surface area contributed by atoms with Crippen molar-refractivity contribution in [2.45, 2.75) is 23.9 Å². The normalized spacial score (nSPS) is 18.9.